The fourth-order valence-electron chi connectivity index (χ4n) is 1.41. The first-order valence-corrected chi connectivity index (χ1v) is 5.80. The minimum Gasteiger partial charge on any atom is -0.478 e. The van der Waals surface area contributed by atoms with Crippen LogP contribution in [0.3, 0.4) is 0 Å². The molecule has 0 saturated heterocycles. The van der Waals surface area contributed by atoms with Crippen molar-refractivity contribution in [1.82, 2.24) is 0 Å². The van der Waals surface area contributed by atoms with Gasteiger partial charge in [0.25, 0.3) is 0 Å². The van der Waals surface area contributed by atoms with Gasteiger partial charge >= 0.3 is 5.97 Å². The maximum atomic E-state index is 10.8. The first kappa shape index (κ1) is 13.8. The van der Waals surface area contributed by atoms with E-state index >= 15 is 0 Å². The van der Waals surface area contributed by atoms with E-state index in [0.717, 1.165) is 12.1 Å². The van der Waals surface area contributed by atoms with E-state index in [4.69, 9.17) is 21.8 Å². The molecule has 5 heteroatoms. The van der Waals surface area contributed by atoms with Crippen LogP contribution in [0.15, 0.2) is 18.2 Å². The van der Waals surface area contributed by atoms with Gasteiger partial charge in [-0.05, 0) is 30.5 Å². The molecule has 1 atom stereocenters. The fraction of sp³-hybridized carbons (Fsp3) is 0.417. The van der Waals surface area contributed by atoms with Crippen molar-refractivity contribution in [3.8, 4) is 0 Å². The third-order valence-electron chi connectivity index (χ3n) is 2.48. The Hall–Kier alpha value is -1.26. The molecule has 94 valence electrons. The largest absolute Gasteiger partial charge is 0.478 e. The summed E-state index contributed by atoms with van der Waals surface area (Å²) in [5.41, 5.74) is 0.880. The van der Waals surface area contributed by atoms with E-state index in [9.17, 15) is 4.79 Å². The molecule has 0 amide bonds. The van der Waals surface area contributed by atoms with Crippen LogP contribution < -0.4 is 5.32 Å². The SMILES string of the molecule is CC(CCO)CNc1ccc(C(=O)O)c(Cl)c1. The number of benzene rings is 1. The molecule has 1 rings (SSSR count). The Morgan fingerprint density at radius 3 is 2.76 bits per heavy atom. The second kappa shape index (κ2) is 6.47. The number of nitrogens with one attached hydrogen (secondary N) is 1. The maximum Gasteiger partial charge on any atom is 0.337 e. The van der Waals surface area contributed by atoms with E-state index in [2.05, 4.69) is 5.32 Å². The summed E-state index contributed by atoms with van der Waals surface area (Å²) in [6.45, 7) is 2.90. The molecule has 0 saturated carbocycles. The second-order valence-electron chi connectivity index (χ2n) is 4.00. The Balaban J connectivity index is 2.62. The van der Waals surface area contributed by atoms with Gasteiger partial charge in [-0.3, -0.25) is 0 Å². The monoisotopic (exact) mass is 257 g/mol. The molecule has 17 heavy (non-hydrogen) atoms. The van der Waals surface area contributed by atoms with Crippen LogP contribution in [0.5, 0.6) is 0 Å². The normalized spacial score (nSPS) is 12.2. The van der Waals surface area contributed by atoms with Crippen LogP contribution in [0.25, 0.3) is 0 Å². The minimum absolute atomic E-state index is 0.0978. The highest BCUT2D eigenvalue weighted by Crippen LogP contribution is 2.21. The predicted molar refractivity (Wildman–Crippen MR) is 67.8 cm³/mol. The molecule has 4 nitrogen and oxygen atoms in total. The number of carbonyl (C=O) groups is 1. The standard InChI is InChI=1S/C12H16ClNO3/c1-8(4-5-15)7-14-9-2-3-10(12(16)17)11(13)6-9/h2-3,6,8,14-15H,4-5,7H2,1H3,(H,16,17). The smallest absolute Gasteiger partial charge is 0.337 e. The maximum absolute atomic E-state index is 10.8. The van der Waals surface area contributed by atoms with Crippen LogP contribution in [0.1, 0.15) is 23.7 Å². The highest BCUT2D eigenvalue weighted by Gasteiger charge is 2.09. The van der Waals surface area contributed by atoms with E-state index < -0.39 is 5.97 Å². The summed E-state index contributed by atoms with van der Waals surface area (Å²) < 4.78 is 0. The van der Waals surface area contributed by atoms with Crippen LogP contribution in [-0.2, 0) is 0 Å². The summed E-state index contributed by atoms with van der Waals surface area (Å²) in [5.74, 6) is -0.687. The predicted octanol–water partition coefficient (Wildman–Crippen LogP) is 2.47. The van der Waals surface area contributed by atoms with Crippen molar-refractivity contribution in [1.29, 1.82) is 0 Å². The third kappa shape index (κ3) is 4.24. The number of anilines is 1. The van der Waals surface area contributed by atoms with Crippen molar-refractivity contribution in [2.75, 3.05) is 18.5 Å². The topological polar surface area (TPSA) is 69.6 Å². The zero-order valence-electron chi connectivity index (χ0n) is 9.61. The molecular formula is C12H16ClNO3. The Morgan fingerprint density at radius 1 is 1.53 bits per heavy atom. The van der Waals surface area contributed by atoms with Gasteiger partial charge in [-0.15, -0.1) is 0 Å². The number of halogens is 1. The molecule has 0 radical (unpaired) electrons. The van der Waals surface area contributed by atoms with E-state index in [-0.39, 0.29) is 17.2 Å². The lowest BCUT2D eigenvalue weighted by Crippen LogP contribution is -2.12. The summed E-state index contributed by atoms with van der Waals surface area (Å²) in [7, 11) is 0. The van der Waals surface area contributed by atoms with E-state index in [1.54, 1.807) is 12.1 Å². The van der Waals surface area contributed by atoms with E-state index in [0.29, 0.717) is 12.5 Å². The fourth-order valence-corrected chi connectivity index (χ4v) is 1.67. The molecule has 1 aromatic rings. The molecule has 0 aliphatic carbocycles. The number of aliphatic hydroxyl groups excluding tert-OH is 1. The highest BCUT2D eigenvalue weighted by atomic mass is 35.5. The van der Waals surface area contributed by atoms with Crippen molar-refractivity contribution in [2.24, 2.45) is 5.92 Å². The van der Waals surface area contributed by atoms with Crippen LogP contribution >= 0.6 is 11.6 Å². The van der Waals surface area contributed by atoms with Gasteiger partial charge in [0.05, 0.1) is 10.6 Å². The Labute approximate surface area is 105 Å². The molecule has 0 bridgehead atoms. The number of hydrogen-bond acceptors (Lipinski definition) is 3. The first-order chi connectivity index (χ1) is 8.04. The molecule has 0 fully saturated rings. The Bertz CT molecular complexity index is 395. The minimum atomic E-state index is -1.03. The third-order valence-corrected chi connectivity index (χ3v) is 2.79. The second-order valence-corrected chi connectivity index (χ2v) is 4.41. The summed E-state index contributed by atoms with van der Waals surface area (Å²) in [4.78, 5) is 10.8. The number of hydrogen-bond donors (Lipinski definition) is 3. The lowest BCUT2D eigenvalue weighted by molar-refractivity contribution is 0.0697. The molecular weight excluding hydrogens is 242 g/mol. The summed E-state index contributed by atoms with van der Waals surface area (Å²) in [6, 6.07) is 4.75. The zero-order valence-corrected chi connectivity index (χ0v) is 10.4. The lowest BCUT2D eigenvalue weighted by atomic mass is 10.1. The molecule has 1 unspecified atom stereocenters. The molecule has 0 aromatic heterocycles. The number of rotatable bonds is 6. The Kier molecular flexibility index (Phi) is 5.25. The van der Waals surface area contributed by atoms with Gasteiger partial charge in [0, 0.05) is 18.8 Å². The molecule has 0 heterocycles. The summed E-state index contributed by atoms with van der Waals surface area (Å²) in [6.07, 6.45) is 0.730. The lowest BCUT2D eigenvalue weighted by Gasteiger charge is -2.12. The van der Waals surface area contributed by atoms with Gasteiger partial charge in [0.1, 0.15) is 0 Å². The quantitative estimate of drug-likeness (QED) is 0.732. The summed E-state index contributed by atoms with van der Waals surface area (Å²) in [5, 5.41) is 20.9. The van der Waals surface area contributed by atoms with Gasteiger partial charge < -0.3 is 15.5 Å². The Morgan fingerprint density at radius 2 is 2.24 bits per heavy atom. The molecule has 1 aromatic carbocycles. The number of carboxylic acid groups (broad SMARTS) is 1. The van der Waals surface area contributed by atoms with Crippen LogP contribution in [-0.4, -0.2) is 29.3 Å². The van der Waals surface area contributed by atoms with Crippen LogP contribution in [0, 0.1) is 5.92 Å². The van der Waals surface area contributed by atoms with Gasteiger partial charge in [-0.1, -0.05) is 18.5 Å². The molecule has 0 aliphatic rings. The molecule has 0 spiro atoms. The highest BCUT2D eigenvalue weighted by molar-refractivity contribution is 6.33. The average molecular weight is 258 g/mol. The summed E-state index contributed by atoms with van der Waals surface area (Å²) >= 11 is 5.84. The van der Waals surface area contributed by atoms with Crippen molar-refractivity contribution in [3.05, 3.63) is 28.8 Å². The van der Waals surface area contributed by atoms with Gasteiger partial charge in [0.2, 0.25) is 0 Å². The van der Waals surface area contributed by atoms with Crippen molar-refractivity contribution in [3.63, 3.8) is 0 Å². The number of carboxylic acids is 1. The molecule has 3 N–H and O–H groups in total. The number of aromatic carboxylic acids is 1. The van der Waals surface area contributed by atoms with E-state index in [1.807, 2.05) is 6.92 Å². The first-order valence-electron chi connectivity index (χ1n) is 5.42. The van der Waals surface area contributed by atoms with Crippen LogP contribution in [0.2, 0.25) is 5.02 Å². The van der Waals surface area contributed by atoms with Gasteiger partial charge in [-0.25, -0.2) is 4.79 Å². The van der Waals surface area contributed by atoms with Crippen molar-refractivity contribution >= 4 is 23.3 Å². The van der Waals surface area contributed by atoms with E-state index in [1.165, 1.54) is 6.07 Å². The van der Waals surface area contributed by atoms with Crippen LogP contribution in [0.4, 0.5) is 5.69 Å². The number of aliphatic hydroxyl groups is 1. The van der Waals surface area contributed by atoms with Gasteiger partial charge in [0.15, 0.2) is 0 Å². The zero-order chi connectivity index (χ0) is 12.8. The van der Waals surface area contributed by atoms with Crippen molar-refractivity contribution in [2.45, 2.75) is 13.3 Å². The van der Waals surface area contributed by atoms with Crippen molar-refractivity contribution < 1.29 is 15.0 Å². The average Bonchev–Trinajstić information content (AvgIpc) is 2.26. The molecule has 0 aliphatic heterocycles. The van der Waals surface area contributed by atoms with Gasteiger partial charge in [-0.2, -0.15) is 0 Å².